The zero-order valence-corrected chi connectivity index (χ0v) is 11.1. The van der Waals surface area contributed by atoms with Gasteiger partial charge in [0.05, 0.1) is 12.0 Å². The molecule has 4 rings (SSSR count). The van der Waals surface area contributed by atoms with Crippen molar-refractivity contribution in [3.05, 3.63) is 0 Å². The highest BCUT2D eigenvalue weighted by atomic mass is 19.4. The van der Waals surface area contributed by atoms with Crippen molar-refractivity contribution in [2.75, 3.05) is 6.54 Å². The molecule has 0 radical (unpaired) electrons. The van der Waals surface area contributed by atoms with Crippen LogP contribution in [0.2, 0.25) is 0 Å². The number of piperidine rings is 2. The SMILES string of the molecule is OC1CCC(C(F)(F)F)C(N2CC3CCC2CC3)C1. The van der Waals surface area contributed by atoms with Crippen molar-refractivity contribution in [3.63, 3.8) is 0 Å². The van der Waals surface area contributed by atoms with E-state index in [1.807, 2.05) is 0 Å². The molecule has 2 aliphatic carbocycles. The van der Waals surface area contributed by atoms with E-state index in [9.17, 15) is 18.3 Å². The molecule has 2 saturated carbocycles. The number of aliphatic hydroxyl groups is 1. The van der Waals surface area contributed by atoms with Crippen molar-refractivity contribution in [2.24, 2.45) is 11.8 Å². The molecule has 5 heteroatoms. The number of rotatable bonds is 1. The van der Waals surface area contributed by atoms with E-state index >= 15 is 0 Å². The maximum Gasteiger partial charge on any atom is 0.393 e. The maximum atomic E-state index is 13.2. The number of nitrogens with zero attached hydrogens (tertiary/aromatic N) is 1. The summed E-state index contributed by atoms with van der Waals surface area (Å²) in [5.74, 6) is -0.659. The summed E-state index contributed by atoms with van der Waals surface area (Å²) in [6.07, 6.45) is 0.439. The predicted octanol–water partition coefficient (Wildman–Crippen LogP) is 2.95. The number of hydrogen-bond acceptors (Lipinski definition) is 2. The Morgan fingerprint density at radius 1 is 0.947 bits per heavy atom. The van der Waals surface area contributed by atoms with Gasteiger partial charge in [-0.2, -0.15) is 13.2 Å². The van der Waals surface area contributed by atoms with Crippen LogP contribution >= 0.6 is 0 Å². The van der Waals surface area contributed by atoms with E-state index in [2.05, 4.69) is 4.90 Å². The van der Waals surface area contributed by atoms with Crippen LogP contribution in [0.4, 0.5) is 13.2 Å². The molecule has 0 amide bonds. The van der Waals surface area contributed by atoms with Gasteiger partial charge in [0.1, 0.15) is 0 Å². The molecule has 2 nitrogen and oxygen atoms in total. The molecule has 4 fully saturated rings. The van der Waals surface area contributed by atoms with E-state index in [4.69, 9.17) is 0 Å². The van der Waals surface area contributed by atoms with E-state index in [1.54, 1.807) is 0 Å². The summed E-state index contributed by atoms with van der Waals surface area (Å²) >= 11 is 0. The fourth-order valence-corrected chi connectivity index (χ4v) is 4.39. The van der Waals surface area contributed by atoms with Gasteiger partial charge in [-0.25, -0.2) is 0 Å². The molecule has 110 valence electrons. The van der Waals surface area contributed by atoms with Gasteiger partial charge in [-0.1, -0.05) is 0 Å². The quantitative estimate of drug-likeness (QED) is 0.796. The zero-order valence-electron chi connectivity index (χ0n) is 11.1. The molecule has 4 aliphatic rings. The smallest absolute Gasteiger partial charge is 0.393 e. The average Bonchev–Trinajstić information content (AvgIpc) is 2.38. The second-order valence-corrected chi connectivity index (χ2v) is 6.55. The van der Waals surface area contributed by atoms with Crippen molar-refractivity contribution in [3.8, 4) is 0 Å². The Balaban J connectivity index is 1.79. The van der Waals surface area contributed by atoms with Gasteiger partial charge >= 0.3 is 6.18 Å². The number of halogens is 3. The van der Waals surface area contributed by atoms with Gasteiger partial charge in [-0.15, -0.1) is 0 Å². The Kier molecular flexibility index (Phi) is 3.54. The molecule has 2 saturated heterocycles. The van der Waals surface area contributed by atoms with Crippen LogP contribution < -0.4 is 0 Å². The van der Waals surface area contributed by atoms with Gasteiger partial charge in [0, 0.05) is 18.6 Å². The van der Waals surface area contributed by atoms with E-state index in [1.165, 1.54) is 12.8 Å². The predicted molar refractivity (Wildman–Crippen MR) is 65.6 cm³/mol. The maximum absolute atomic E-state index is 13.2. The molecule has 2 aliphatic heterocycles. The van der Waals surface area contributed by atoms with Crippen LogP contribution in [0.5, 0.6) is 0 Å². The Labute approximate surface area is 112 Å². The first-order valence-electron chi connectivity index (χ1n) is 7.45. The largest absolute Gasteiger partial charge is 0.393 e. The molecular formula is C14H22F3NO. The molecule has 1 N–H and O–H groups in total. The number of alkyl halides is 3. The van der Waals surface area contributed by atoms with Gasteiger partial charge < -0.3 is 5.11 Å². The first kappa shape index (κ1) is 13.7. The van der Waals surface area contributed by atoms with Crippen LogP contribution in [0.3, 0.4) is 0 Å². The highest BCUT2D eigenvalue weighted by molar-refractivity contribution is 4.97. The monoisotopic (exact) mass is 277 g/mol. The molecule has 0 aromatic heterocycles. The van der Waals surface area contributed by atoms with E-state index in [0.29, 0.717) is 24.8 Å². The number of aliphatic hydroxyl groups excluding tert-OH is 1. The minimum atomic E-state index is -4.12. The minimum Gasteiger partial charge on any atom is -0.393 e. The van der Waals surface area contributed by atoms with Crippen LogP contribution in [-0.4, -0.2) is 40.9 Å². The highest BCUT2D eigenvalue weighted by Gasteiger charge is 2.51. The molecular weight excluding hydrogens is 255 g/mol. The lowest BCUT2D eigenvalue weighted by atomic mass is 9.74. The Morgan fingerprint density at radius 3 is 2.16 bits per heavy atom. The summed E-state index contributed by atoms with van der Waals surface area (Å²) in [6, 6.07) is -0.165. The van der Waals surface area contributed by atoms with E-state index in [-0.39, 0.29) is 6.42 Å². The van der Waals surface area contributed by atoms with Gasteiger partial charge in [0.2, 0.25) is 0 Å². The van der Waals surface area contributed by atoms with Gasteiger partial charge in [-0.05, 0) is 50.9 Å². The van der Waals surface area contributed by atoms with Gasteiger partial charge in [-0.3, -0.25) is 4.90 Å². The lowest BCUT2D eigenvalue weighted by Gasteiger charge is -2.52. The average molecular weight is 277 g/mol. The van der Waals surface area contributed by atoms with Crippen LogP contribution in [0, 0.1) is 11.8 Å². The Morgan fingerprint density at radius 2 is 1.63 bits per heavy atom. The third-order valence-corrected chi connectivity index (χ3v) is 5.39. The van der Waals surface area contributed by atoms with Crippen LogP contribution in [-0.2, 0) is 0 Å². The topological polar surface area (TPSA) is 23.5 Å². The molecule has 3 atom stereocenters. The second-order valence-electron chi connectivity index (χ2n) is 6.55. The van der Waals surface area contributed by atoms with Crippen molar-refractivity contribution >= 4 is 0 Å². The van der Waals surface area contributed by atoms with Crippen LogP contribution in [0.1, 0.15) is 44.9 Å². The summed E-state index contributed by atoms with van der Waals surface area (Å²) in [4.78, 5) is 2.10. The zero-order chi connectivity index (χ0) is 13.6. The molecule has 2 bridgehead atoms. The number of hydrogen-bond donors (Lipinski definition) is 1. The molecule has 2 heterocycles. The van der Waals surface area contributed by atoms with E-state index in [0.717, 1.165) is 19.4 Å². The van der Waals surface area contributed by atoms with Crippen LogP contribution in [0.25, 0.3) is 0 Å². The summed E-state index contributed by atoms with van der Waals surface area (Å²) in [5.41, 5.74) is 0. The first-order valence-corrected chi connectivity index (χ1v) is 7.45. The second kappa shape index (κ2) is 4.92. The van der Waals surface area contributed by atoms with E-state index < -0.39 is 24.2 Å². The van der Waals surface area contributed by atoms with Gasteiger partial charge in [0.15, 0.2) is 0 Å². The molecule has 0 aromatic rings. The lowest BCUT2D eigenvalue weighted by Crippen LogP contribution is -2.58. The fourth-order valence-electron chi connectivity index (χ4n) is 4.39. The summed E-state index contributed by atoms with van der Waals surface area (Å²) in [7, 11) is 0. The first-order chi connectivity index (χ1) is 8.95. The van der Waals surface area contributed by atoms with Crippen molar-refractivity contribution in [2.45, 2.75) is 69.3 Å². The third-order valence-electron chi connectivity index (χ3n) is 5.39. The highest BCUT2D eigenvalue weighted by Crippen LogP contribution is 2.45. The molecule has 0 spiro atoms. The van der Waals surface area contributed by atoms with Crippen molar-refractivity contribution in [1.29, 1.82) is 0 Å². The standard InChI is InChI=1S/C14H22F3NO/c15-14(16,17)12-6-5-11(19)7-13(12)18-8-9-1-3-10(18)4-2-9/h9-13,19H,1-8H2. The van der Waals surface area contributed by atoms with Crippen LogP contribution in [0.15, 0.2) is 0 Å². The lowest BCUT2D eigenvalue weighted by molar-refractivity contribution is -0.212. The molecule has 0 aromatic carbocycles. The van der Waals surface area contributed by atoms with Crippen molar-refractivity contribution < 1.29 is 18.3 Å². The summed E-state index contributed by atoms with van der Waals surface area (Å²) < 4.78 is 39.6. The molecule has 19 heavy (non-hydrogen) atoms. The fraction of sp³-hybridized carbons (Fsp3) is 1.00. The summed E-state index contributed by atoms with van der Waals surface area (Å²) in [6.45, 7) is 0.814. The molecule has 3 unspecified atom stereocenters. The summed E-state index contributed by atoms with van der Waals surface area (Å²) in [5, 5.41) is 9.77. The third kappa shape index (κ3) is 2.64. The number of fused-ring (bicyclic) bond motifs is 3. The normalized spacial score (nSPS) is 44.5. The van der Waals surface area contributed by atoms with Crippen molar-refractivity contribution in [1.82, 2.24) is 4.90 Å². The Bertz CT molecular complexity index is 325. The minimum absolute atomic E-state index is 0.0865. The Hall–Kier alpha value is -0.290. The van der Waals surface area contributed by atoms with Gasteiger partial charge in [0.25, 0.3) is 0 Å².